The van der Waals surface area contributed by atoms with E-state index in [1.807, 2.05) is 25.2 Å². The molecule has 1 aromatic carbocycles. The topological polar surface area (TPSA) is 51.6 Å². The van der Waals surface area contributed by atoms with Crippen LogP contribution in [0.5, 0.6) is 0 Å². The Morgan fingerprint density at radius 2 is 2.41 bits per heavy atom. The van der Waals surface area contributed by atoms with E-state index in [0.717, 1.165) is 23.5 Å². The van der Waals surface area contributed by atoms with Crippen LogP contribution in [0, 0.1) is 17.2 Å². The molecule has 2 atom stereocenters. The van der Waals surface area contributed by atoms with Crippen LogP contribution in [0.3, 0.4) is 0 Å². The first-order valence-corrected chi connectivity index (χ1v) is 5.99. The van der Waals surface area contributed by atoms with Gasteiger partial charge < -0.3 is 10.3 Å². The van der Waals surface area contributed by atoms with E-state index in [1.54, 1.807) is 0 Å². The van der Waals surface area contributed by atoms with E-state index in [-0.39, 0.29) is 0 Å². The van der Waals surface area contributed by atoms with Crippen LogP contribution in [0.2, 0.25) is 0 Å². The summed E-state index contributed by atoms with van der Waals surface area (Å²) in [6.07, 6.45) is 3.36. The molecule has 3 rings (SSSR count). The van der Waals surface area contributed by atoms with Gasteiger partial charge >= 0.3 is 0 Å². The third-order valence-electron chi connectivity index (χ3n) is 3.63. The number of benzene rings is 1. The summed E-state index contributed by atoms with van der Waals surface area (Å²) in [5.74, 6) is 1.41. The number of nitrogens with one attached hydrogen (secondary N) is 2. The Hall–Kier alpha value is -1.79. The number of H-pyrrole nitrogens is 1. The highest BCUT2D eigenvalue weighted by molar-refractivity contribution is 5.85. The molecule has 2 N–H and O–H groups in total. The fraction of sp³-hybridized carbons (Fsp3) is 0.357. The molecule has 1 fully saturated rings. The molecule has 1 heterocycles. The van der Waals surface area contributed by atoms with Crippen LogP contribution in [-0.4, -0.2) is 18.6 Å². The lowest BCUT2D eigenvalue weighted by Crippen LogP contribution is -2.10. The minimum Gasteiger partial charge on any atom is -0.361 e. The first-order valence-electron chi connectivity index (χ1n) is 5.99. The smallest absolute Gasteiger partial charge is 0.0991 e. The minimum absolute atomic E-state index is 0.658. The molecule has 1 saturated carbocycles. The third kappa shape index (κ3) is 1.71. The van der Waals surface area contributed by atoms with Gasteiger partial charge in [-0.2, -0.15) is 5.26 Å². The van der Waals surface area contributed by atoms with Gasteiger partial charge in [0.1, 0.15) is 0 Å². The number of nitrogens with zero attached hydrogens (tertiary/aromatic N) is 1. The maximum Gasteiger partial charge on any atom is 0.0991 e. The Morgan fingerprint density at radius 3 is 3.18 bits per heavy atom. The van der Waals surface area contributed by atoms with Crippen molar-refractivity contribution in [2.45, 2.75) is 12.3 Å². The van der Waals surface area contributed by atoms with Crippen molar-refractivity contribution in [2.24, 2.45) is 5.92 Å². The van der Waals surface area contributed by atoms with E-state index in [1.165, 1.54) is 17.4 Å². The van der Waals surface area contributed by atoms with Crippen molar-refractivity contribution in [3.8, 4) is 6.07 Å². The quantitative estimate of drug-likeness (QED) is 0.842. The number of rotatable bonds is 3. The number of fused-ring (bicyclic) bond motifs is 1. The van der Waals surface area contributed by atoms with Crippen molar-refractivity contribution in [1.82, 2.24) is 10.3 Å². The number of aromatic nitrogens is 1. The van der Waals surface area contributed by atoms with Crippen molar-refractivity contribution >= 4 is 10.9 Å². The zero-order valence-corrected chi connectivity index (χ0v) is 9.83. The lowest BCUT2D eigenvalue weighted by molar-refractivity contribution is 0.699. The van der Waals surface area contributed by atoms with Crippen LogP contribution in [0.15, 0.2) is 24.4 Å². The second-order valence-electron chi connectivity index (χ2n) is 4.78. The van der Waals surface area contributed by atoms with Crippen molar-refractivity contribution in [3.63, 3.8) is 0 Å². The fourth-order valence-corrected chi connectivity index (χ4v) is 2.63. The molecular weight excluding hydrogens is 210 g/mol. The van der Waals surface area contributed by atoms with E-state index in [0.29, 0.717) is 5.92 Å². The lowest BCUT2D eigenvalue weighted by atomic mass is 10.1. The van der Waals surface area contributed by atoms with Crippen LogP contribution in [0.1, 0.15) is 23.5 Å². The highest BCUT2D eigenvalue weighted by Crippen LogP contribution is 2.49. The normalized spacial score (nSPS) is 22.6. The summed E-state index contributed by atoms with van der Waals surface area (Å²) < 4.78 is 0. The summed E-state index contributed by atoms with van der Waals surface area (Å²) in [5, 5.41) is 13.4. The molecule has 17 heavy (non-hydrogen) atoms. The average molecular weight is 225 g/mol. The van der Waals surface area contributed by atoms with Crippen LogP contribution in [0.25, 0.3) is 10.9 Å². The Balaban J connectivity index is 1.98. The number of hydrogen-bond donors (Lipinski definition) is 2. The van der Waals surface area contributed by atoms with Crippen LogP contribution < -0.4 is 5.32 Å². The molecule has 2 aromatic rings. The first kappa shape index (κ1) is 10.4. The van der Waals surface area contributed by atoms with Gasteiger partial charge in [-0.1, -0.05) is 0 Å². The minimum atomic E-state index is 0.658. The summed E-state index contributed by atoms with van der Waals surface area (Å²) >= 11 is 0. The highest BCUT2D eigenvalue weighted by atomic mass is 14.8. The molecule has 0 radical (unpaired) electrons. The van der Waals surface area contributed by atoms with Crippen molar-refractivity contribution in [3.05, 3.63) is 35.5 Å². The molecule has 0 saturated heterocycles. The summed E-state index contributed by atoms with van der Waals surface area (Å²) in [5.41, 5.74) is 3.25. The molecule has 0 unspecified atom stereocenters. The average Bonchev–Trinajstić information content (AvgIpc) is 2.99. The van der Waals surface area contributed by atoms with Gasteiger partial charge in [0.05, 0.1) is 11.6 Å². The number of aromatic amines is 1. The third-order valence-corrected chi connectivity index (χ3v) is 3.63. The summed E-state index contributed by atoms with van der Waals surface area (Å²) in [6.45, 7) is 1.08. The number of hydrogen-bond acceptors (Lipinski definition) is 2. The molecule has 1 aliphatic rings. The Morgan fingerprint density at radius 1 is 1.53 bits per heavy atom. The van der Waals surface area contributed by atoms with Crippen LogP contribution in [-0.2, 0) is 0 Å². The predicted molar refractivity (Wildman–Crippen MR) is 67.8 cm³/mol. The zero-order valence-electron chi connectivity index (χ0n) is 9.83. The van der Waals surface area contributed by atoms with Gasteiger partial charge in [-0.15, -0.1) is 0 Å². The van der Waals surface area contributed by atoms with Gasteiger partial charge in [0.2, 0.25) is 0 Å². The maximum absolute atomic E-state index is 8.95. The molecule has 0 spiro atoms. The predicted octanol–water partition coefficient (Wildman–Crippen LogP) is 2.36. The zero-order chi connectivity index (χ0) is 11.8. The van der Waals surface area contributed by atoms with Gasteiger partial charge in [0.15, 0.2) is 0 Å². The molecule has 1 aromatic heterocycles. The molecule has 0 bridgehead atoms. The standard InChI is InChI=1S/C14H15N3/c1-16-7-10-5-11(10)13-8-17-14-3-2-9(6-15)4-12(13)14/h2-4,8,10-11,16-17H,5,7H2,1H3/t10-,11+/m1/s1. The summed E-state index contributed by atoms with van der Waals surface area (Å²) in [4.78, 5) is 3.29. The van der Waals surface area contributed by atoms with E-state index in [9.17, 15) is 0 Å². The van der Waals surface area contributed by atoms with Gasteiger partial charge in [0, 0.05) is 17.1 Å². The molecule has 3 heteroatoms. The van der Waals surface area contributed by atoms with Gasteiger partial charge in [-0.25, -0.2) is 0 Å². The maximum atomic E-state index is 8.95. The molecular formula is C14H15N3. The molecule has 3 nitrogen and oxygen atoms in total. The summed E-state index contributed by atoms with van der Waals surface area (Å²) in [7, 11) is 2.00. The lowest BCUT2D eigenvalue weighted by Gasteiger charge is -1.99. The second kappa shape index (κ2) is 3.90. The van der Waals surface area contributed by atoms with Gasteiger partial charge in [0.25, 0.3) is 0 Å². The van der Waals surface area contributed by atoms with E-state index in [4.69, 9.17) is 5.26 Å². The molecule has 0 amide bonds. The van der Waals surface area contributed by atoms with E-state index in [2.05, 4.69) is 22.6 Å². The van der Waals surface area contributed by atoms with E-state index >= 15 is 0 Å². The largest absolute Gasteiger partial charge is 0.361 e. The van der Waals surface area contributed by atoms with Crippen LogP contribution in [0.4, 0.5) is 0 Å². The first-order chi connectivity index (χ1) is 8.33. The Labute approximate surface area is 100 Å². The van der Waals surface area contributed by atoms with Crippen LogP contribution >= 0.6 is 0 Å². The van der Waals surface area contributed by atoms with Gasteiger partial charge in [-0.3, -0.25) is 0 Å². The highest BCUT2D eigenvalue weighted by Gasteiger charge is 2.38. The number of nitriles is 1. The molecule has 0 aliphatic heterocycles. The Kier molecular flexibility index (Phi) is 2.38. The van der Waals surface area contributed by atoms with Crippen molar-refractivity contribution in [2.75, 3.05) is 13.6 Å². The summed E-state index contributed by atoms with van der Waals surface area (Å²) in [6, 6.07) is 8.06. The molecule has 1 aliphatic carbocycles. The fourth-order valence-electron chi connectivity index (χ4n) is 2.63. The second-order valence-corrected chi connectivity index (χ2v) is 4.78. The van der Waals surface area contributed by atoms with Gasteiger partial charge in [-0.05, 0) is 55.6 Å². The monoisotopic (exact) mass is 225 g/mol. The van der Waals surface area contributed by atoms with E-state index < -0.39 is 0 Å². The van der Waals surface area contributed by atoms with Crippen molar-refractivity contribution < 1.29 is 0 Å². The molecule has 86 valence electrons. The Bertz CT molecular complexity index is 591. The SMILES string of the molecule is CNC[C@H]1C[C@@H]1c1c[nH]c2ccc(C#N)cc12. The van der Waals surface area contributed by atoms with Crippen molar-refractivity contribution in [1.29, 1.82) is 5.26 Å².